The summed E-state index contributed by atoms with van der Waals surface area (Å²) in [4.78, 5) is 14.3. The number of carbonyl (C=O) groups excluding carboxylic acids is 1. The standard InChI is InChI=1S/C17H19BrN2O/c1-11-5-7-14(10-16(11)20(3)4)19-17(21)13-6-8-15(18)12(2)9-13/h5-10H,1-4H3,(H,19,21). The van der Waals surface area contributed by atoms with Crippen molar-refractivity contribution in [1.82, 2.24) is 0 Å². The van der Waals surface area contributed by atoms with Crippen molar-refractivity contribution in [2.75, 3.05) is 24.3 Å². The normalized spacial score (nSPS) is 10.3. The molecule has 0 aromatic heterocycles. The van der Waals surface area contributed by atoms with Crippen LogP contribution in [0.25, 0.3) is 0 Å². The fraction of sp³-hybridized carbons (Fsp3) is 0.235. The number of hydrogen-bond acceptors (Lipinski definition) is 2. The third-order valence-electron chi connectivity index (χ3n) is 3.37. The van der Waals surface area contributed by atoms with Crippen LogP contribution in [0.1, 0.15) is 21.5 Å². The largest absolute Gasteiger partial charge is 0.377 e. The van der Waals surface area contributed by atoms with Crippen molar-refractivity contribution in [3.8, 4) is 0 Å². The average molecular weight is 347 g/mol. The minimum absolute atomic E-state index is 0.0980. The van der Waals surface area contributed by atoms with Gasteiger partial charge in [0, 0.05) is 35.5 Å². The van der Waals surface area contributed by atoms with Crippen LogP contribution in [-0.2, 0) is 0 Å². The average Bonchev–Trinajstić information content (AvgIpc) is 2.43. The van der Waals surface area contributed by atoms with E-state index in [0.29, 0.717) is 5.56 Å². The molecule has 0 aliphatic heterocycles. The maximum Gasteiger partial charge on any atom is 0.255 e. The molecule has 2 rings (SSSR count). The number of hydrogen-bond donors (Lipinski definition) is 1. The van der Waals surface area contributed by atoms with E-state index in [1.54, 1.807) is 0 Å². The lowest BCUT2D eigenvalue weighted by Crippen LogP contribution is -2.14. The van der Waals surface area contributed by atoms with Gasteiger partial charge in [0.2, 0.25) is 0 Å². The zero-order valence-corrected chi connectivity index (χ0v) is 14.3. The monoisotopic (exact) mass is 346 g/mol. The fourth-order valence-electron chi connectivity index (χ4n) is 2.16. The lowest BCUT2D eigenvalue weighted by Gasteiger charge is -2.17. The molecule has 0 saturated heterocycles. The number of aryl methyl sites for hydroxylation is 2. The number of nitrogens with zero attached hydrogens (tertiary/aromatic N) is 1. The Hall–Kier alpha value is -1.81. The van der Waals surface area contributed by atoms with Crippen molar-refractivity contribution < 1.29 is 4.79 Å². The number of anilines is 2. The van der Waals surface area contributed by atoms with E-state index < -0.39 is 0 Å². The van der Waals surface area contributed by atoms with Gasteiger partial charge in [0.15, 0.2) is 0 Å². The summed E-state index contributed by atoms with van der Waals surface area (Å²) < 4.78 is 1.00. The van der Waals surface area contributed by atoms with Crippen LogP contribution in [-0.4, -0.2) is 20.0 Å². The van der Waals surface area contributed by atoms with E-state index >= 15 is 0 Å². The van der Waals surface area contributed by atoms with Crippen molar-refractivity contribution in [3.63, 3.8) is 0 Å². The summed E-state index contributed by atoms with van der Waals surface area (Å²) in [6, 6.07) is 11.5. The molecule has 0 unspecified atom stereocenters. The summed E-state index contributed by atoms with van der Waals surface area (Å²) in [5, 5.41) is 2.95. The number of amides is 1. The molecule has 0 saturated carbocycles. The molecule has 110 valence electrons. The third-order valence-corrected chi connectivity index (χ3v) is 4.26. The van der Waals surface area contributed by atoms with Gasteiger partial charge in [0.1, 0.15) is 0 Å². The third kappa shape index (κ3) is 3.64. The molecule has 0 heterocycles. The van der Waals surface area contributed by atoms with Crippen LogP contribution in [0.4, 0.5) is 11.4 Å². The molecule has 1 amide bonds. The van der Waals surface area contributed by atoms with Gasteiger partial charge in [-0.2, -0.15) is 0 Å². The minimum atomic E-state index is -0.0980. The highest BCUT2D eigenvalue weighted by Crippen LogP contribution is 2.23. The van der Waals surface area contributed by atoms with Crippen LogP contribution < -0.4 is 10.2 Å². The highest BCUT2D eigenvalue weighted by molar-refractivity contribution is 9.10. The molecule has 2 aromatic carbocycles. The second-order valence-electron chi connectivity index (χ2n) is 5.31. The fourth-order valence-corrected chi connectivity index (χ4v) is 2.40. The smallest absolute Gasteiger partial charge is 0.255 e. The number of nitrogens with one attached hydrogen (secondary N) is 1. The van der Waals surface area contributed by atoms with Gasteiger partial charge in [0.05, 0.1) is 0 Å². The van der Waals surface area contributed by atoms with Crippen LogP contribution in [0.5, 0.6) is 0 Å². The molecule has 0 atom stereocenters. The molecule has 0 fully saturated rings. The van der Waals surface area contributed by atoms with Crippen molar-refractivity contribution in [1.29, 1.82) is 0 Å². The maximum absolute atomic E-state index is 12.3. The Kier molecular flexibility index (Phi) is 4.68. The lowest BCUT2D eigenvalue weighted by atomic mass is 10.1. The van der Waals surface area contributed by atoms with E-state index in [9.17, 15) is 4.79 Å². The van der Waals surface area contributed by atoms with E-state index in [1.165, 1.54) is 5.56 Å². The molecule has 0 bridgehead atoms. The zero-order valence-electron chi connectivity index (χ0n) is 12.7. The molecule has 0 aliphatic carbocycles. The summed E-state index contributed by atoms with van der Waals surface area (Å²) in [5.41, 5.74) is 4.77. The summed E-state index contributed by atoms with van der Waals surface area (Å²) in [6.07, 6.45) is 0. The number of carbonyl (C=O) groups is 1. The summed E-state index contributed by atoms with van der Waals surface area (Å²) in [7, 11) is 3.98. The van der Waals surface area contributed by atoms with E-state index in [1.807, 2.05) is 62.3 Å². The topological polar surface area (TPSA) is 32.3 Å². The van der Waals surface area contributed by atoms with Crippen molar-refractivity contribution in [3.05, 3.63) is 57.6 Å². The highest BCUT2D eigenvalue weighted by Gasteiger charge is 2.09. The van der Waals surface area contributed by atoms with Crippen molar-refractivity contribution in [2.24, 2.45) is 0 Å². The summed E-state index contributed by atoms with van der Waals surface area (Å²) in [5.74, 6) is -0.0980. The Morgan fingerprint density at radius 1 is 1.05 bits per heavy atom. The van der Waals surface area contributed by atoms with Gasteiger partial charge >= 0.3 is 0 Å². The molecular formula is C17H19BrN2O. The number of benzene rings is 2. The Morgan fingerprint density at radius 3 is 2.38 bits per heavy atom. The summed E-state index contributed by atoms with van der Waals surface area (Å²) in [6.45, 7) is 4.02. The van der Waals surface area contributed by atoms with Crippen LogP contribution in [0.3, 0.4) is 0 Å². The first-order valence-corrected chi connectivity index (χ1v) is 7.53. The predicted molar refractivity (Wildman–Crippen MR) is 92.3 cm³/mol. The maximum atomic E-state index is 12.3. The second kappa shape index (κ2) is 6.31. The van der Waals surface area contributed by atoms with E-state index in [-0.39, 0.29) is 5.91 Å². The molecule has 0 spiro atoms. The Morgan fingerprint density at radius 2 is 1.76 bits per heavy atom. The number of halogens is 1. The molecule has 2 aromatic rings. The van der Waals surface area contributed by atoms with E-state index in [2.05, 4.69) is 28.2 Å². The van der Waals surface area contributed by atoms with Crippen LogP contribution in [0.15, 0.2) is 40.9 Å². The predicted octanol–water partition coefficient (Wildman–Crippen LogP) is 4.38. The zero-order chi connectivity index (χ0) is 15.6. The quantitative estimate of drug-likeness (QED) is 0.893. The molecule has 4 heteroatoms. The van der Waals surface area contributed by atoms with Gasteiger partial charge < -0.3 is 10.2 Å². The first-order chi connectivity index (χ1) is 9.88. The number of rotatable bonds is 3. The highest BCUT2D eigenvalue weighted by atomic mass is 79.9. The van der Waals surface area contributed by atoms with Gasteiger partial charge in [-0.3, -0.25) is 4.79 Å². The van der Waals surface area contributed by atoms with Crippen LogP contribution in [0.2, 0.25) is 0 Å². The van der Waals surface area contributed by atoms with Gasteiger partial charge in [-0.25, -0.2) is 0 Å². The first kappa shape index (κ1) is 15.6. The summed E-state index contributed by atoms with van der Waals surface area (Å²) >= 11 is 3.44. The first-order valence-electron chi connectivity index (χ1n) is 6.74. The molecule has 3 nitrogen and oxygen atoms in total. The van der Waals surface area contributed by atoms with E-state index in [4.69, 9.17) is 0 Å². The van der Waals surface area contributed by atoms with Crippen molar-refractivity contribution in [2.45, 2.75) is 13.8 Å². The van der Waals surface area contributed by atoms with Crippen molar-refractivity contribution >= 4 is 33.2 Å². The minimum Gasteiger partial charge on any atom is -0.377 e. The molecule has 0 radical (unpaired) electrons. The Balaban J connectivity index is 2.23. The van der Waals surface area contributed by atoms with Crippen LogP contribution >= 0.6 is 15.9 Å². The van der Waals surface area contributed by atoms with E-state index in [0.717, 1.165) is 21.4 Å². The second-order valence-corrected chi connectivity index (χ2v) is 6.17. The lowest BCUT2D eigenvalue weighted by molar-refractivity contribution is 0.102. The van der Waals surface area contributed by atoms with Gasteiger partial charge in [-0.1, -0.05) is 22.0 Å². The van der Waals surface area contributed by atoms with Gasteiger partial charge in [-0.05, 0) is 55.3 Å². The van der Waals surface area contributed by atoms with Gasteiger partial charge in [0.25, 0.3) is 5.91 Å². The molecular weight excluding hydrogens is 328 g/mol. The molecule has 1 N–H and O–H groups in total. The molecule has 21 heavy (non-hydrogen) atoms. The SMILES string of the molecule is Cc1cc(C(=O)Nc2ccc(C)c(N(C)C)c2)ccc1Br. The van der Waals surface area contributed by atoms with Gasteiger partial charge in [-0.15, -0.1) is 0 Å². The molecule has 0 aliphatic rings. The Bertz CT molecular complexity index is 680. The Labute approximate surface area is 134 Å². The van der Waals surface area contributed by atoms with Crippen LogP contribution in [0, 0.1) is 13.8 Å².